The van der Waals surface area contributed by atoms with E-state index in [0.717, 1.165) is 82.8 Å². The van der Waals surface area contributed by atoms with Crippen molar-refractivity contribution in [2.75, 3.05) is 0 Å². The van der Waals surface area contributed by atoms with E-state index < -0.39 is 0 Å². The monoisotopic (exact) mass is 641 g/mol. The van der Waals surface area contributed by atoms with Gasteiger partial charge in [0, 0.05) is 32.7 Å². The van der Waals surface area contributed by atoms with Crippen molar-refractivity contribution in [1.82, 2.24) is 15.0 Å². The first-order valence-electron chi connectivity index (χ1n) is 16.6. The fourth-order valence-corrected chi connectivity index (χ4v) is 6.85. The van der Waals surface area contributed by atoms with Crippen molar-refractivity contribution >= 4 is 43.9 Å². The Bertz CT molecular complexity index is 2850. The van der Waals surface area contributed by atoms with Crippen LogP contribution in [0.2, 0.25) is 0 Å². The molecule has 0 unspecified atom stereocenters. The van der Waals surface area contributed by atoms with Crippen LogP contribution >= 0.6 is 0 Å². The second-order valence-electron chi connectivity index (χ2n) is 12.4. The number of aromatic nitrogens is 3. The summed E-state index contributed by atoms with van der Waals surface area (Å²) in [5, 5.41) is 4.19. The van der Waals surface area contributed by atoms with Crippen LogP contribution in [0.15, 0.2) is 173 Å². The molecule has 7 aromatic carbocycles. The van der Waals surface area contributed by atoms with Crippen LogP contribution in [0.1, 0.15) is 0 Å². The maximum atomic E-state index is 6.63. The van der Waals surface area contributed by atoms with Crippen molar-refractivity contribution in [2.24, 2.45) is 0 Å². The van der Waals surface area contributed by atoms with E-state index in [-0.39, 0.29) is 0 Å². The van der Waals surface area contributed by atoms with E-state index in [4.69, 9.17) is 23.8 Å². The van der Waals surface area contributed by atoms with E-state index >= 15 is 0 Å². The average Bonchev–Trinajstić information content (AvgIpc) is 3.76. The molecule has 10 rings (SSSR count). The molecule has 5 heteroatoms. The Morgan fingerprint density at radius 1 is 0.300 bits per heavy atom. The molecule has 0 atom stereocenters. The van der Waals surface area contributed by atoms with Gasteiger partial charge >= 0.3 is 0 Å². The van der Waals surface area contributed by atoms with Gasteiger partial charge in [-0.05, 0) is 58.7 Å². The average molecular weight is 642 g/mol. The minimum Gasteiger partial charge on any atom is -0.456 e. The highest BCUT2D eigenvalue weighted by Gasteiger charge is 2.19. The van der Waals surface area contributed by atoms with Crippen LogP contribution in [0.4, 0.5) is 0 Å². The molecule has 0 saturated carbocycles. The van der Waals surface area contributed by atoms with Gasteiger partial charge in [-0.3, -0.25) is 0 Å². The molecule has 0 aliphatic carbocycles. The van der Waals surface area contributed by atoms with Crippen LogP contribution in [0.3, 0.4) is 0 Å². The predicted molar refractivity (Wildman–Crippen MR) is 202 cm³/mol. The molecule has 0 bridgehead atoms. The highest BCUT2D eigenvalue weighted by Crippen LogP contribution is 2.38. The van der Waals surface area contributed by atoms with Crippen molar-refractivity contribution in [1.29, 1.82) is 0 Å². The molecule has 3 heterocycles. The highest BCUT2D eigenvalue weighted by molar-refractivity contribution is 6.10. The molecule has 0 saturated heterocycles. The third-order valence-corrected chi connectivity index (χ3v) is 9.37. The number of hydrogen-bond acceptors (Lipinski definition) is 5. The van der Waals surface area contributed by atoms with E-state index in [9.17, 15) is 0 Å². The van der Waals surface area contributed by atoms with Crippen molar-refractivity contribution in [2.45, 2.75) is 0 Å². The first-order valence-corrected chi connectivity index (χ1v) is 16.6. The number of hydrogen-bond donors (Lipinski definition) is 0. The Balaban J connectivity index is 1.15. The van der Waals surface area contributed by atoms with Gasteiger partial charge in [0.1, 0.15) is 22.3 Å². The molecule has 0 fully saturated rings. The minimum absolute atomic E-state index is 0.537. The van der Waals surface area contributed by atoms with Crippen LogP contribution in [-0.4, -0.2) is 15.0 Å². The minimum atomic E-state index is 0.537. The zero-order valence-corrected chi connectivity index (χ0v) is 26.7. The lowest BCUT2D eigenvalue weighted by molar-refractivity contribution is 0.668. The topological polar surface area (TPSA) is 65.0 Å². The third kappa shape index (κ3) is 4.75. The van der Waals surface area contributed by atoms with Gasteiger partial charge in [-0.15, -0.1) is 0 Å². The summed E-state index contributed by atoms with van der Waals surface area (Å²) in [5.41, 5.74) is 10.2. The number of benzene rings is 7. The molecule has 0 aliphatic heterocycles. The van der Waals surface area contributed by atoms with Gasteiger partial charge in [0.25, 0.3) is 0 Å². The smallest absolute Gasteiger partial charge is 0.167 e. The van der Waals surface area contributed by atoms with Crippen LogP contribution in [0, 0.1) is 0 Å². The Morgan fingerprint density at radius 2 is 0.800 bits per heavy atom. The maximum absolute atomic E-state index is 6.63. The van der Waals surface area contributed by atoms with E-state index in [2.05, 4.69) is 91.0 Å². The molecule has 3 aromatic heterocycles. The van der Waals surface area contributed by atoms with Crippen LogP contribution < -0.4 is 0 Å². The first-order chi connectivity index (χ1) is 24.7. The number of nitrogens with zero attached hydrogens (tertiary/aromatic N) is 3. The van der Waals surface area contributed by atoms with Crippen molar-refractivity contribution < 1.29 is 8.83 Å². The SMILES string of the molecule is c1ccc(-c2ccc(-c3nc(-c4ccc5c(c4)oc4ccccc45)nc(-c4cccc5c4oc4cc(-c6ccccc6)ccc45)n3)cc2)cc1. The lowest BCUT2D eigenvalue weighted by Crippen LogP contribution is -2.00. The summed E-state index contributed by atoms with van der Waals surface area (Å²) in [7, 11) is 0. The van der Waals surface area contributed by atoms with Gasteiger partial charge in [-0.2, -0.15) is 0 Å². The molecule has 234 valence electrons. The standard InChI is InChI=1S/C45H27N3O2/c1-3-10-28(11-4-1)30-18-20-31(21-19-30)43-46-44(33-23-25-35-34-14-7-8-17-39(34)49-40(35)27-33)48-45(47-43)38-16-9-15-37-36-24-22-32(26-41(36)50-42(37)38)29-12-5-2-6-13-29/h1-27H. The summed E-state index contributed by atoms with van der Waals surface area (Å²) in [5.74, 6) is 1.67. The van der Waals surface area contributed by atoms with E-state index in [1.54, 1.807) is 0 Å². The fourth-order valence-electron chi connectivity index (χ4n) is 6.85. The molecular weight excluding hydrogens is 615 g/mol. The molecule has 0 amide bonds. The zero-order chi connectivity index (χ0) is 33.0. The van der Waals surface area contributed by atoms with E-state index in [1.807, 2.05) is 72.8 Å². The Morgan fingerprint density at radius 3 is 1.58 bits per heavy atom. The van der Waals surface area contributed by atoms with E-state index in [1.165, 1.54) is 0 Å². The second kappa shape index (κ2) is 11.4. The number of rotatable bonds is 5. The second-order valence-corrected chi connectivity index (χ2v) is 12.4. The molecule has 0 spiro atoms. The van der Waals surface area contributed by atoms with Crippen molar-refractivity contribution in [3.63, 3.8) is 0 Å². The van der Waals surface area contributed by atoms with Gasteiger partial charge in [0.05, 0.1) is 5.56 Å². The highest BCUT2D eigenvalue weighted by atomic mass is 16.3. The molecule has 0 N–H and O–H groups in total. The van der Waals surface area contributed by atoms with Crippen molar-refractivity contribution in [3.8, 4) is 56.4 Å². The molecule has 0 aliphatic rings. The Labute approximate surface area is 287 Å². The zero-order valence-electron chi connectivity index (χ0n) is 26.7. The predicted octanol–water partition coefficient (Wildman–Crippen LogP) is 12.0. The molecule has 0 radical (unpaired) electrons. The Kier molecular flexibility index (Phi) is 6.42. The quantitative estimate of drug-likeness (QED) is 0.187. The number of fused-ring (bicyclic) bond motifs is 6. The normalized spacial score (nSPS) is 11.6. The molecular formula is C45H27N3O2. The van der Waals surface area contributed by atoms with E-state index in [0.29, 0.717) is 17.5 Å². The summed E-state index contributed by atoms with van der Waals surface area (Å²) in [4.78, 5) is 15.2. The lowest BCUT2D eigenvalue weighted by atomic mass is 10.0. The number of furan rings is 2. The maximum Gasteiger partial charge on any atom is 0.167 e. The fraction of sp³-hybridized carbons (Fsp3) is 0. The summed E-state index contributed by atoms with van der Waals surface area (Å²) in [6.07, 6.45) is 0. The molecule has 10 aromatic rings. The van der Waals surface area contributed by atoms with Crippen LogP contribution in [-0.2, 0) is 0 Å². The van der Waals surface area contributed by atoms with Gasteiger partial charge in [-0.25, -0.2) is 15.0 Å². The molecule has 50 heavy (non-hydrogen) atoms. The van der Waals surface area contributed by atoms with Gasteiger partial charge in [0.15, 0.2) is 17.5 Å². The van der Waals surface area contributed by atoms with Crippen LogP contribution in [0.25, 0.3) is 100 Å². The largest absolute Gasteiger partial charge is 0.456 e. The summed E-state index contributed by atoms with van der Waals surface area (Å²) in [6.45, 7) is 0. The third-order valence-electron chi connectivity index (χ3n) is 9.37. The Hall–Kier alpha value is -6.85. The van der Waals surface area contributed by atoms with Crippen LogP contribution in [0.5, 0.6) is 0 Å². The summed E-state index contributed by atoms with van der Waals surface area (Å²) < 4.78 is 12.9. The van der Waals surface area contributed by atoms with Gasteiger partial charge in [-0.1, -0.05) is 127 Å². The molecule has 5 nitrogen and oxygen atoms in total. The first kappa shape index (κ1) is 28.2. The lowest BCUT2D eigenvalue weighted by Gasteiger charge is -2.09. The summed E-state index contributed by atoms with van der Waals surface area (Å²) in [6, 6.07) is 55.8. The number of para-hydroxylation sites is 2. The van der Waals surface area contributed by atoms with Gasteiger partial charge in [0.2, 0.25) is 0 Å². The van der Waals surface area contributed by atoms with Crippen molar-refractivity contribution in [3.05, 3.63) is 164 Å². The summed E-state index contributed by atoms with van der Waals surface area (Å²) >= 11 is 0. The van der Waals surface area contributed by atoms with Gasteiger partial charge < -0.3 is 8.83 Å².